The van der Waals surface area contributed by atoms with Crippen LogP contribution in [0, 0.1) is 11.7 Å². The second-order valence-corrected chi connectivity index (χ2v) is 6.09. The lowest BCUT2D eigenvalue weighted by Crippen LogP contribution is -2.31. The van der Waals surface area contributed by atoms with Crippen molar-refractivity contribution in [3.63, 3.8) is 0 Å². The summed E-state index contributed by atoms with van der Waals surface area (Å²) in [6, 6.07) is 3.14. The summed E-state index contributed by atoms with van der Waals surface area (Å²) >= 11 is 0. The average molecular weight is 301 g/mol. The van der Waals surface area contributed by atoms with Crippen molar-refractivity contribution in [2.75, 3.05) is 12.3 Å². The van der Waals surface area contributed by atoms with Gasteiger partial charge in [-0.2, -0.15) is 0 Å². The Balaban J connectivity index is 2.75. The predicted molar refractivity (Wildman–Crippen MR) is 72.5 cm³/mol. The van der Waals surface area contributed by atoms with E-state index in [9.17, 15) is 18.2 Å². The molecule has 5 nitrogen and oxygen atoms in total. The molecule has 0 aromatic heterocycles. The number of carboxylic acid groups (broad SMARTS) is 1. The Morgan fingerprint density at radius 2 is 2.05 bits per heavy atom. The smallest absolute Gasteiger partial charge is 0.338 e. The lowest BCUT2D eigenvalue weighted by atomic mass is 10.2. The first-order valence-corrected chi connectivity index (χ1v) is 7.31. The van der Waals surface area contributed by atoms with Gasteiger partial charge in [0.2, 0.25) is 5.91 Å². The number of rotatable bonds is 6. The summed E-state index contributed by atoms with van der Waals surface area (Å²) in [6.45, 7) is 4.33. The van der Waals surface area contributed by atoms with Crippen LogP contribution in [-0.4, -0.2) is 33.5 Å². The normalized spacial score (nSPS) is 12.2. The Bertz CT molecular complexity index is 545. The topological polar surface area (TPSA) is 83.5 Å². The van der Waals surface area contributed by atoms with Crippen molar-refractivity contribution in [1.29, 1.82) is 0 Å². The van der Waals surface area contributed by atoms with Gasteiger partial charge in [0.15, 0.2) is 0 Å². The summed E-state index contributed by atoms with van der Waals surface area (Å²) in [5, 5.41) is 11.4. The van der Waals surface area contributed by atoms with Gasteiger partial charge in [0, 0.05) is 11.4 Å². The lowest BCUT2D eigenvalue weighted by molar-refractivity contribution is -0.118. The van der Waals surface area contributed by atoms with E-state index in [0.29, 0.717) is 6.54 Å². The molecule has 1 rings (SSSR count). The largest absolute Gasteiger partial charge is 0.478 e. The Kier molecular flexibility index (Phi) is 5.82. The average Bonchev–Trinajstić information content (AvgIpc) is 2.36. The van der Waals surface area contributed by atoms with Crippen molar-refractivity contribution in [3.05, 3.63) is 29.6 Å². The number of carbonyl (C=O) groups excluding carboxylic acids is 1. The quantitative estimate of drug-likeness (QED) is 0.832. The number of hydrogen-bond acceptors (Lipinski definition) is 3. The van der Waals surface area contributed by atoms with E-state index < -0.39 is 34.1 Å². The molecule has 0 aliphatic carbocycles. The van der Waals surface area contributed by atoms with Gasteiger partial charge in [-0.1, -0.05) is 13.8 Å². The van der Waals surface area contributed by atoms with Crippen LogP contribution in [0.2, 0.25) is 0 Å². The molecule has 1 aromatic carbocycles. The third-order valence-corrected chi connectivity index (χ3v) is 3.70. The van der Waals surface area contributed by atoms with Crippen LogP contribution in [-0.2, 0) is 15.6 Å². The second kappa shape index (κ2) is 7.14. The van der Waals surface area contributed by atoms with Gasteiger partial charge in [0.1, 0.15) is 11.6 Å². The van der Waals surface area contributed by atoms with Gasteiger partial charge in [-0.15, -0.1) is 0 Å². The van der Waals surface area contributed by atoms with Crippen LogP contribution in [0.1, 0.15) is 24.2 Å². The van der Waals surface area contributed by atoms with Gasteiger partial charge >= 0.3 is 5.97 Å². The molecule has 2 N–H and O–H groups in total. The molecular formula is C13H16FNO4S. The van der Waals surface area contributed by atoms with E-state index in [-0.39, 0.29) is 16.6 Å². The minimum atomic E-state index is -1.71. The van der Waals surface area contributed by atoms with Crippen LogP contribution in [0.25, 0.3) is 0 Å². The Labute approximate surface area is 118 Å². The molecule has 0 aliphatic heterocycles. The van der Waals surface area contributed by atoms with Crippen molar-refractivity contribution in [3.8, 4) is 0 Å². The molecule has 1 unspecified atom stereocenters. The minimum Gasteiger partial charge on any atom is -0.478 e. The van der Waals surface area contributed by atoms with Crippen molar-refractivity contribution in [2.45, 2.75) is 18.7 Å². The molecule has 1 aromatic rings. The highest BCUT2D eigenvalue weighted by atomic mass is 32.2. The molecule has 1 atom stereocenters. The van der Waals surface area contributed by atoms with Crippen LogP contribution in [0.4, 0.5) is 4.39 Å². The van der Waals surface area contributed by atoms with Crippen LogP contribution in [0.3, 0.4) is 0 Å². The fourth-order valence-corrected chi connectivity index (χ4v) is 2.36. The molecule has 20 heavy (non-hydrogen) atoms. The Morgan fingerprint density at radius 1 is 1.40 bits per heavy atom. The van der Waals surface area contributed by atoms with Gasteiger partial charge in [-0.3, -0.25) is 9.00 Å². The first kappa shape index (κ1) is 16.3. The molecule has 110 valence electrons. The molecule has 0 saturated heterocycles. The van der Waals surface area contributed by atoms with Crippen LogP contribution in [0.5, 0.6) is 0 Å². The highest BCUT2D eigenvalue weighted by Gasteiger charge is 2.15. The predicted octanol–water partition coefficient (Wildman–Crippen LogP) is 1.40. The summed E-state index contributed by atoms with van der Waals surface area (Å²) in [6.07, 6.45) is 0. The maximum Gasteiger partial charge on any atom is 0.338 e. The summed E-state index contributed by atoms with van der Waals surface area (Å²) in [7, 11) is -1.71. The second-order valence-electron chi connectivity index (χ2n) is 4.63. The standard InChI is InChI=1S/C13H16FNO4S/c1-8(2)6-15-12(16)7-20(19)9-3-4-11(14)10(5-9)13(17)18/h3-5,8H,6-7H2,1-2H3,(H,15,16)(H,17,18). The molecule has 0 spiro atoms. The van der Waals surface area contributed by atoms with E-state index in [0.717, 1.165) is 12.1 Å². The highest BCUT2D eigenvalue weighted by molar-refractivity contribution is 7.85. The molecule has 0 aliphatic rings. The van der Waals surface area contributed by atoms with Crippen molar-refractivity contribution in [2.24, 2.45) is 5.92 Å². The molecule has 0 fully saturated rings. The molecule has 0 bridgehead atoms. The van der Waals surface area contributed by atoms with Gasteiger partial charge in [0.05, 0.1) is 16.4 Å². The molecule has 0 heterocycles. The Morgan fingerprint density at radius 3 is 2.60 bits per heavy atom. The monoisotopic (exact) mass is 301 g/mol. The molecule has 0 saturated carbocycles. The Hall–Kier alpha value is -1.76. The third-order valence-electron chi connectivity index (χ3n) is 2.40. The van der Waals surface area contributed by atoms with E-state index in [1.54, 1.807) is 0 Å². The number of carboxylic acids is 1. The zero-order chi connectivity index (χ0) is 15.3. The highest BCUT2D eigenvalue weighted by Crippen LogP contribution is 2.14. The van der Waals surface area contributed by atoms with Crippen molar-refractivity contribution >= 4 is 22.7 Å². The number of carbonyl (C=O) groups is 2. The van der Waals surface area contributed by atoms with Crippen LogP contribution in [0.15, 0.2) is 23.1 Å². The van der Waals surface area contributed by atoms with Gasteiger partial charge in [-0.05, 0) is 24.1 Å². The summed E-state index contributed by atoms with van der Waals surface area (Å²) < 4.78 is 25.1. The number of benzene rings is 1. The zero-order valence-corrected chi connectivity index (χ0v) is 12.0. The number of nitrogens with one attached hydrogen (secondary N) is 1. The van der Waals surface area contributed by atoms with Gasteiger partial charge in [0.25, 0.3) is 0 Å². The van der Waals surface area contributed by atoms with E-state index in [1.807, 2.05) is 13.8 Å². The van der Waals surface area contributed by atoms with E-state index >= 15 is 0 Å². The van der Waals surface area contributed by atoms with Gasteiger partial charge < -0.3 is 10.4 Å². The molecule has 7 heteroatoms. The van der Waals surface area contributed by atoms with E-state index in [1.165, 1.54) is 6.07 Å². The number of aromatic carboxylic acids is 1. The van der Waals surface area contributed by atoms with E-state index in [4.69, 9.17) is 5.11 Å². The maximum absolute atomic E-state index is 13.2. The van der Waals surface area contributed by atoms with Crippen molar-refractivity contribution in [1.82, 2.24) is 5.32 Å². The van der Waals surface area contributed by atoms with E-state index in [2.05, 4.69) is 5.32 Å². The summed E-state index contributed by atoms with van der Waals surface area (Å²) in [5.74, 6) is -2.74. The SMILES string of the molecule is CC(C)CNC(=O)CS(=O)c1ccc(F)c(C(=O)O)c1. The van der Waals surface area contributed by atoms with Crippen molar-refractivity contribution < 1.29 is 23.3 Å². The first-order valence-electron chi connectivity index (χ1n) is 5.99. The molecular weight excluding hydrogens is 285 g/mol. The lowest BCUT2D eigenvalue weighted by Gasteiger charge is -2.08. The number of halogens is 1. The van der Waals surface area contributed by atoms with Crippen LogP contribution >= 0.6 is 0 Å². The minimum absolute atomic E-state index is 0.114. The van der Waals surface area contributed by atoms with Gasteiger partial charge in [-0.25, -0.2) is 9.18 Å². The zero-order valence-electron chi connectivity index (χ0n) is 11.2. The molecule has 1 amide bonds. The molecule has 0 radical (unpaired) electrons. The van der Waals surface area contributed by atoms with Crippen LogP contribution < -0.4 is 5.32 Å². The summed E-state index contributed by atoms with van der Waals surface area (Å²) in [4.78, 5) is 22.4. The first-order chi connectivity index (χ1) is 9.31. The third kappa shape index (κ3) is 4.73. The fraction of sp³-hybridized carbons (Fsp3) is 0.385. The maximum atomic E-state index is 13.2. The summed E-state index contributed by atoms with van der Waals surface area (Å²) in [5.41, 5.74) is -0.557. The fourth-order valence-electron chi connectivity index (χ4n) is 1.38. The number of amides is 1. The number of hydrogen-bond donors (Lipinski definition) is 2.